The second-order valence-corrected chi connectivity index (χ2v) is 6.24. The minimum absolute atomic E-state index is 0.0282. The number of halogens is 1. The molecule has 7 nitrogen and oxygen atoms in total. The van der Waals surface area contributed by atoms with Crippen LogP contribution in [-0.2, 0) is 14.8 Å². The summed E-state index contributed by atoms with van der Waals surface area (Å²) in [7, 11) is -4.23. The monoisotopic (exact) mass is 332 g/mol. The molecule has 22 heavy (non-hydrogen) atoms. The van der Waals surface area contributed by atoms with Crippen molar-refractivity contribution >= 4 is 21.9 Å². The smallest absolute Gasteiger partial charge is 0.335 e. The quantitative estimate of drug-likeness (QED) is 0.764. The lowest BCUT2D eigenvalue weighted by Crippen LogP contribution is -2.40. The van der Waals surface area contributed by atoms with Gasteiger partial charge in [-0.15, -0.1) is 0 Å². The summed E-state index contributed by atoms with van der Waals surface area (Å²) >= 11 is 0. The first-order chi connectivity index (χ1) is 10.2. The van der Waals surface area contributed by atoms with Gasteiger partial charge in [-0.05, 0) is 25.1 Å². The van der Waals surface area contributed by atoms with Crippen molar-refractivity contribution in [2.24, 2.45) is 0 Å². The van der Waals surface area contributed by atoms with Crippen molar-refractivity contribution in [2.45, 2.75) is 18.7 Å². The van der Waals surface area contributed by atoms with Gasteiger partial charge in [-0.1, -0.05) is 6.92 Å². The van der Waals surface area contributed by atoms with Crippen molar-refractivity contribution < 1.29 is 27.5 Å². The molecule has 0 unspecified atom stereocenters. The van der Waals surface area contributed by atoms with Crippen molar-refractivity contribution in [3.05, 3.63) is 29.6 Å². The van der Waals surface area contributed by atoms with E-state index in [4.69, 9.17) is 5.11 Å². The fraction of sp³-hybridized carbons (Fsp3) is 0.385. The third-order valence-electron chi connectivity index (χ3n) is 2.84. The number of benzene rings is 1. The van der Waals surface area contributed by atoms with Crippen molar-refractivity contribution in [1.29, 1.82) is 0 Å². The molecule has 0 aliphatic heterocycles. The van der Waals surface area contributed by atoms with Crippen LogP contribution < -0.4 is 5.32 Å². The minimum Gasteiger partial charge on any atom is -0.478 e. The van der Waals surface area contributed by atoms with E-state index in [1.165, 1.54) is 6.92 Å². The molecule has 0 aliphatic carbocycles. The Morgan fingerprint density at radius 2 is 1.95 bits per heavy atom. The Kier molecular flexibility index (Phi) is 6.01. The van der Waals surface area contributed by atoms with Crippen LogP contribution in [0, 0.1) is 5.82 Å². The molecule has 0 saturated carbocycles. The van der Waals surface area contributed by atoms with Gasteiger partial charge >= 0.3 is 5.97 Å². The lowest BCUT2D eigenvalue weighted by atomic mass is 10.2. The van der Waals surface area contributed by atoms with Crippen LogP contribution in [0.5, 0.6) is 0 Å². The summed E-state index contributed by atoms with van der Waals surface area (Å²) in [5.74, 6) is -3.04. The average Bonchev–Trinajstić information content (AvgIpc) is 2.44. The van der Waals surface area contributed by atoms with Crippen molar-refractivity contribution in [2.75, 3.05) is 19.6 Å². The molecule has 122 valence electrons. The maximum Gasteiger partial charge on any atom is 0.335 e. The van der Waals surface area contributed by atoms with Crippen LogP contribution in [0.1, 0.15) is 24.2 Å². The second-order valence-electron chi connectivity index (χ2n) is 4.34. The van der Waals surface area contributed by atoms with E-state index in [1.807, 2.05) is 0 Å². The molecule has 0 aromatic heterocycles. The van der Waals surface area contributed by atoms with E-state index >= 15 is 0 Å². The largest absolute Gasteiger partial charge is 0.478 e. The standard InChI is InChI=1S/C13H17FN2O5S/c1-3-15-12(17)8-16(4-2)22(20,21)11-6-5-9(13(18)19)7-10(11)14/h5-7H,3-4,8H2,1-2H3,(H,15,17)(H,18,19). The number of aromatic carboxylic acids is 1. The molecular weight excluding hydrogens is 315 g/mol. The number of amides is 1. The van der Waals surface area contributed by atoms with E-state index in [1.54, 1.807) is 6.92 Å². The van der Waals surface area contributed by atoms with Crippen LogP contribution in [0.25, 0.3) is 0 Å². The normalized spacial score (nSPS) is 11.5. The number of carboxylic acids is 1. The average molecular weight is 332 g/mol. The first kappa shape index (κ1) is 18.1. The first-order valence-corrected chi connectivity index (χ1v) is 7.97. The summed E-state index contributed by atoms with van der Waals surface area (Å²) < 4.78 is 39.5. The maximum atomic E-state index is 13.9. The Hall–Kier alpha value is -2.00. The van der Waals surface area contributed by atoms with Gasteiger partial charge in [0.1, 0.15) is 10.7 Å². The Morgan fingerprint density at radius 3 is 2.41 bits per heavy atom. The summed E-state index contributed by atoms with van der Waals surface area (Å²) in [4.78, 5) is 21.6. The number of nitrogens with zero attached hydrogens (tertiary/aromatic N) is 1. The van der Waals surface area contributed by atoms with E-state index in [0.29, 0.717) is 12.6 Å². The lowest BCUT2D eigenvalue weighted by Gasteiger charge is -2.20. The fourth-order valence-electron chi connectivity index (χ4n) is 1.76. The number of likely N-dealkylation sites (N-methyl/N-ethyl adjacent to an activating group) is 2. The molecule has 9 heteroatoms. The van der Waals surface area contributed by atoms with Crippen LogP contribution in [0.15, 0.2) is 23.1 Å². The Bertz CT molecular complexity index is 675. The molecule has 0 heterocycles. The molecule has 1 aromatic carbocycles. The first-order valence-electron chi connectivity index (χ1n) is 6.53. The van der Waals surface area contributed by atoms with E-state index < -0.39 is 39.2 Å². The van der Waals surface area contributed by atoms with E-state index in [0.717, 1.165) is 16.4 Å². The van der Waals surface area contributed by atoms with Gasteiger partial charge in [0.2, 0.25) is 15.9 Å². The topological polar surface area (TPSA) is 104 Å². The summed E-state index contributed by atoms with van der Waals surface area (Å²) in [6.07, 6.45) is 0. The number of hydrogen-bond acceptors (Lipinski definition) is 4. The van der Waals surface area contributed by atoms with Gasteiger partial charge in [-0.25, -0.2) is 17.6 Å². The van der Waals surface area contributed by atoms with Gasteiger partial charge in [0, 0.05) is 13.1 Å². The fourth-order valence-corrected chi connectivity index (χ4v) is 3.21. The molecule has 0 saturated heterocycles. The molecular formula is C13H17FN2O5S. The predicted octanol–water partition coefficient (Wildman–Crippen LogP) is 0.671. The third kappa shape index (κ3) is 4.01. The highest BCUT2D eigenvalue weighted by Gasteiger charge is 2.28. The van der Waals surface area contributed by atoms with Crippen LogP contribution in [0.3, 0.4) is 0 Å². The molecule has 2 N–H and O–H groups in total. The number of carbonyl (C=O) groups excluding carboxylic acids is 1. The Labute approximate surface area is 127 Å². The predicted molar refractivity (Wildman–Crippen MR) is 76.5 cm³/mol. The zero-order valence-electron chi connectivity index (χ0n) is 12.2. The molecule has 1 amide bonds. The SMILES string of the molecule is CCNC(=O)CN(CC)S(=O)(=O)c1ccc(C(=O)O)cc1F. The highest BCUT2D eigenvalue weighted by molar-refractivity contribution is 7.89. The number of rotatable bonds is 7. The number of carbonyl (C=O) groups is 2. The highest BCUT2D eigenvalue weighted by atomic mass is 32.2. The minimum atomic E-state index is -4.23. The van der Waals surface area contributed by atoms with E-state index in [2.05, 4.69) is 5.32 Å². The molecule has 0 fully saturated rings. The van der Waals surface area contributed by atoms with Crippen molar-refractivity contribution in [3.63, 3.8) is 0 Å². The van der Waals surface area contributed by atoms with Crippen LogP contribution in [0.2, 0.25) is 0 Å². The van der Waals surface area contributed by atoms with Gasteiger partial charge < -0.3 is 10.4 Å². The zero-order valence-corrected chi connectivity index (χ0v) is 13.0. The van der Waals surface area contributed by atoms with Crippen LogP contribution in [-0.4, -0.2) is 49.3 Å². The summed E-state index contributed by atoms with van der Waals surface area (Å²) in [5.41, 5.74) is -0.358. The van der Waals surface area contributed by atoms with Gasteiger partial charge in [-0.3, -0.25) is 4.79 Å². The van der Waals surface area contributed by atoms with Gasteiger partial charge in [0.05, 0.1) is 12.1 Å². The lowest BCUT2D eigenvalue weighted by molar-refractivity contribution is -0.121. The van der Waals surface area contributed by atoms with Crippen molar-refractivity contribution in [1.82, 2.24) is 9.62 Å². The van der Waals surface area contributed by atoms with E-state index in [-0.39, 0.29) is 12.1 Å². The molecule has 1 aromatic rings. The summed E-state index contributed by atoms with van der Waals surface area (Å²) in [6, 6.07) is 2.52. The van der Waals surface area contributed by atoms with Crippen LogP contribution in [0.4, 0.5) is 4.39 Å². The van der Waals surface area contributed by atoms with Crippen LogP contribution >= 0.6 is 0 Å². The molecule has 1 rings (SSSR count). The number of carboxylic acid groups (broad SMARTS) is 1. The molecule has 0 radical (unpaired) electrons. The summed E-state index contributed by atoms with van der Waals surface area (Å²) in [5, 5.41) is 11.2. The molecule has 0 bridgehead atoms. The van der Waals surface area contributed by atoms with E-state index in [9.17, 15) is 22.4 Å². The summed E-state index contributed by atoms with van der Waals surface area (Å²) in [6.45, 7) is 3.08. The molecule has 0 atom stereocenters. The Balaban J connectivity index is 3.16. The number of nitrogens with one attached hydrogen (secondary N) is 1. The zero-order chi connectivity index (χ0) is 16.9. The highest BCUT2D eigenvalue weighted by Crippen LogP contribution is 2.20. The van der Waals surface area contributed by atoms with Gasteiger partial charge in [-0.2, -0.15) is 4.31 Å². The maximum absolute atomic E-state index is 13.9. The van der Waals surface area contributed by atoms with Gasteiger partial charge in [0.25, 0.3) is 0 Å². The molecule has 0 spiro atoms. The molecule has 0 aliphatic rings. The second kappa shape index (κ2) is 7.32. The van der Waals surface area contributed by atoms with Crippen molar-refractivity contribution in [3.8, 4) is 0 Å². The number of sulfonamides is 1. The third-order valence-corrected chi connectivity index (χ3v) is 4.80. The van der Waals surface area contributed by atoms with Gasteiger partial charge in [0.15, 0.2) is 0 Å². The Morgan fingerprint density at radius 1 is 1.32 bits per heavy atom. The number of hydrogen-bond donors (Lipinski definition) is 2.